The van der Waals surface area contributed by atoms with Crippen LogP contribution in [-0.2, 0) is 28.5 Å². The van der Waals surface area contributed by atoms with E-state index in [1.165, 1.54) is 7.11 Å². The van der Waals surface area contributed by atoms with Gasteiger partial charge < -0.3 is 23.7 Å². The highest BCUT2D eigenvalue weighted by molar-refractivity contribution is 5.96. The average molecular weight is 300 g/mol. The highest BCUT2D eigenvalue weighted by Gasteiger charge is 2.74. The Hall–Kier alpha value is -0.530. The zero-order valence-electron chi connectivity index (χ0n) is 13.5. The summed E-state index contributed by atoms with van der Waals surface area (Å²) in [6, 6.07) is 0. The van der Waals surface area contributed by atoms with E-state index in [0.29, 0.717) is 6.42 Å². The largest absolute Gasteiger partial charge is 0.369 e. The van der Waals surface area contributed by atoms with Crippen LogP contribution in [0, 0.1) is 0 Å². The van der Waals surface area contributed by atoms with E-state index >= 15 is 0 Å². The maximum atomic E-state index is 12.4. The molecule has 21 heavy (non-hydrogen) atoms. The molecular formula is C15H24O6. The average Bonchev–Trinajstić information content (AvgIpc) is 2.79. The van der Waals surface area contributed by atoms with Gasteiger partial charge in [0.1, 0.15) is 18.3 Å². The number of hydrogen-bond acceptors (Lipinski definition) is 6. The summed E-state index contributed by atoms with van der Waals surface area (Å²) in [5.41, 5.74) is -1.47. The molecule has 6 nitrogen and oxygen atoms in total. The van der Waals surface area contributed by atoms with Gasteiger partial charge in [-0.25, -0.2) is 0 Å². The summed E-state index contributed by atoms with van der Waals surface area (Å²) in [6.07, 6.45) is -1.53. The van der Waals surface area contributed by atoms with Gasteiger partial charge in [0.15, 0.2) is 23.5 Å². The number of rotatable bonds is 2. The molecule has 0 aromatic rings. The lowest BCUT2D eigenvalue weighted by atomic mass is 9.71. The molecule has 0 aromatic heterocycles. The molecule has 2 saturated heterocycles. The summed E-state index contributed by atoms with van der Waals surface area (Å²) in [5.74, 6) is -0.766. The number of methoxy groups -OCH3 is 1. The third kappa shape index (κ3) is 2.24. The summed E-state index contributed by atoms with van der Waals surface area (Å²) in [6.45, 7) is 9.53. The molecule has 2 heterocycles. The highest BCUT2D eigenvalue weighted by Crippen LogP contribution is 2.52. The number of carbonyl (C=O) groups is 1. The molecule has 0 radical (unpaired) electrons. The lowest BCUT2D eigenvalue weighted by molar-refractivity contribution is -0.286. The van der Waals surface area contributed by atoms with Gasteiger partial charge in [0.25, 0.3) is 0 Å². The first-order chi connectivity index (χ1) is 9.59. The van der Waals surface area contributed by atoms with E-state index in [0.717, 1.165) is 0 Å². The van der Waals surface area contributed by atoms with Crippen molar-refractivity contribution in [3.05, 3.63) is 0 Å². The van der Waals surface area contributed by atoms with Crippen LogP contribution in [0.4, 0.5) is 0 Å². The zero-order chi connectivity index (χ0) is 15.6. The summed E-state index contributed by atoms with van der Waals surface area (Å²) in [7, 11) is 1.54. The van der Waals surface area contributed by atoms with Crippen molar-refractivity contribution in [3.63, 3.8) is 0 Å². The third-order valence-corrected chi connectivity index (χ3v) is 4.14. The minimum atomic E-state index is -1.10. The van der Waals surface area contributed by atoms with Crippen LogP contribution in [0.1, 0.15) is 41.0 Å². The van der Waals surface area contributed by atoms with E-state index in [1.807, 2.05) is 34.6 Å². The second-order valence-corrected chi connectivity index (χ2v) is 7.38. The van der Waals surface area contributed by atoms with Gasteiger partial charge in [-0.1, -0.05) is 0 Å². The standard InChI is InChI=1S/C15H24O6/c1-13(2,3)18-9-7-8(16)15(9)11-10(12(17-6)21-15)19-14(4,5)20-11/h9-12H,7H2,1-6H3/t9?,10?,11-,12-,15-/m1/s1. The van der Waals surface area contributed by atoms with E-state index in [1.54, 1.807) is 0 Å². The van der Waals surface area contributed by atoms with E-state index < -0.39 is 29.9 Å². The Morgan fingerprint density at radius 1 is 1.19 bits per heavy atom. The lowest BCUT2D eigenvalue weighted by Gasteiger charge is -2.48. The maximum absolute atomic E-state index is 12.4. The summed E-state index contributed by atoms with van der Waals surface area (Å²) in [4.78, 5) is 12.4. The van der Waals surface area contributed by atoms with Crippen molar-refractivity contribution in [2.45, 2.75) is 82.6 Å². The van der Waals surface area contributed by atoms with Crippen LogP contribution < -0.4 is 0 Å². The summed E-state index contributed by atoms with van der Waals surface area (Å²) < 4.78 is 29.1. The highest BCUT2D eigenvalue weighted by atomic mass is 16.8. The monoisotopic (exact) mass is 300 g/mol. The van der Waals surface area contributed by atoms with Crippen LogP contribution in [0.15, 0.2) is 0 Å². The number of ether oxygens (including phenoxy) is 5. The molecule has 0 amide bonds. The van der Waals surface area contributed by atoms with Crippen LogP contribution in [0.3, 0.4) is 0 Å². The minimum Gasteiger partial charge on any atom is -0.369 e. The fourth-order valence-corrected chi connectivity index (χ4v) is 3.40. The van der Waals surface area contributed by atoms with Gasteiger partial charge in [-0.15, -0.1) is 0 Å². The van der Waals surface area contributed by atoms with Crippen molar-refractivity contribution in [1.82, 2.24) is 0 Å². The first-order valence-corrected chi connectivity index (χ1v) is 7.36. The molecule has 2 unspecified atom stereocenters. The first-order valence-electron chi connectivity index (χ1n) is 7.36. The van der Waals surface area contributed by atoms with Crippen LogP contribution in [0.5, 0.6) is 0 Å². The van der Waals surface area contributed by atoms with E-state index in [2.05, 4.69) is 0 Å². The second kappa shape index (κ2) is 4.49. The Labute approximate surface area is 125 Å². The summed E-state index contributed by atoms with van der Waals surface area (Å²) >= 11 is 0. The van der Waals surface area contributed by atoms with Crippen LogP contribution >= 0.6 is 0 Å². The topological polar surface area (TPSA) is 63.2 Å². The Morgan fingerprint density at radius 2 is 1.86 bits per heavy atom. The van der Waals surface area contributed by atoms with Gasteiger partial charge in [0.2, 0.25) is 0 Å². The number of hydrogen-bond donors (Lipinski definition) is 0. The molecule has 6 heteroatoms. The van der Waals surface area contributed by atoms with E-state index in [9.17, 15) is 4.79 Å². The first kappa shape index (κ1) is 15.4. The van der Waals surface area contributed by atoms with Crippen molar-refractivity contribution >= 4 is 5.78 Å². The Morgan fingerprint density at radius 3 is 2.38 bits per heavy atom. The number of fused-ring (bicyclic) bond motifs is 2. The molecule has 5 atom stereocenters. The molecule has 1 spiro atoms. The molecule has 0 aromatic carbocycles. The molecule has 1 aliphatic carbocycles. The van der Waals surface area contributed by atoms with Crippen LogP contribution in [0.2, 0.25) is 0 Å². The molecule has 3 aliphatic rings. The van der Waals surface area contributed by atoms with Crippen molar-refractivity contribution in [1.29, 1.82) is 0 Å². The maximum Gasteiger partial charge on any atom is 0.187 e. The Balaban J connectivity index is 1.90. The minimum absolute atomic E-state index is 0.00685. The normalized spacial score (nSPS) is 45.0. The van der Waals surface area contributed by atoms with Gasteiger partial charge in [-0.05, 0) is 34.6 Å². The number of carbonyl (C=O) groups excluding carboxylic acids is 1. The van der Waals surface area contributed by atoms with Gasteiger partial charge in [-0.3, -0.25) is 4.79 Å². The van der Waals surface area contributed by atoms with Gasteiger partial charge in [-0.2, -0.15) is 0 Å². The molecular weight excluding hydrogens is 276 g/mol. The molecule has 3 fully saturated rings. The van der Waals surface area contributed by atoms with Crippen molar-refractivity contribution in [3.8, 4) is 0 Å². The SMILES string of the molecule is CO[C@@H]1O[C@@]2(C(=O)CC2OC(C)(C)C)[C@@H]2OC(C)(C)OC12. The van der Waals surface area contributed by atoms with Crippen LogP contribution in [-0.4, -0.2) is 54.5 Å². The predicted molar refractivity (Wildman–Crippen MR) is 72.7 cm³/mol. The molecule has 120 valence electrons. The van der Waals surface area contributed by atoms with Crippen molar-refractivity contribution in [2.75, 3.05) is 7.11 Å². The predicted octanol–water partition coefficient (Wildman–Crippen LogP) is 1.40. The fourth-order valence-electron chi connectivity index (χ4n) is 3.40. The molecule has 0 bridgehead atoms. The second-order valence-electron chi connectivity index (χ2n) is 7.38. The molecule has 3 rings (SSSR count). The van der Waals surface area contributed by atoms with Crippen molar-refractivity contribution in [2.24, 2.45) is 0 Å². The van der Waals surface area contributed by atoms with Gasteiger partial charge in [0.05, 0.1) is 5.60 Å². The molecule has 0 N–H and O–H groups in total. The fraction of sp³-hybridized carbons (Fsp3) is 0.933. The van der Waals surface area contributed by atoms with Crippen LogP contribution in [0.25, 0.3) is 0 Å². The number of ketones is 1. The quantitative estimate of drug-likeness (QED) is 0.768. The third-order valence-electron chi connectivity index (χ3n) is 4.14. The molecule has 2 aliphatic heterocycles. The van der Waals surface area contributed by atoms with E-state index in [-0.39, 0.29) is 17.5 Å². The van der Waals surface area contributed by atoms with Gasteiger partial charge >= 0.3 is 0 Å². The lowest BCUT2D eigenvalue weighted by Crippen LogP contribution is -2.69. The summed E-state index contributed by atoms with van der Waals surface area (Å²) in [5, 5.41) is 0. The number of Topliss-reactive ketones (excluding diaryl/α,β-unsaturated/α-hetero) is 1. The Bertz CT molecular complexity index is 454. The zero-order valence-corrected chi connectivity index (χ0v) is 13.5. The smallest absolute Gasteiger partial charge is 0.187 e. The Kier molecular flexibility index (Phi) is 3.28. The van der Waals surface area contributed by atoms with Gasteiger partial charge in [0, 0.05) is 13.5 Å². The molecule has 1 saturated carbocycles. The van der Waals surface area contributed by atoms with E-state index in [4.69, 9.17) is 23.7 Å². The van der Waals surface area contributed by atoms with Crippen molar-refractivity contribution < 1.29 is 28.5 Å².